The Morgan fingerprint density at radius 2 is 1.69 bits per heavy atom. The number of hydrogen-bond acceptors (Lipinski definition) is 3. The molecule has 4 nitrogen and oxygen atoms in total. The Balaban J connectivity index is 2.21. The first kappa shape index (κ1) is 10.8. The molecule has 0 aromatic heterocycles. The molecule has 1 saturated heterocycles. The molecule has 84 valence electrons. The van der Waals surface area contributed by atoms with Crippen LogP contribution in [0.5, 0.6) is 0 Å². The predicted molar refractivity (Wildman–Crippen MR) is 60.9 cm³/mol. The van der Waals surface area contributed by atoms with Crippen molar-refractivity contribution >= 4 is 17.5 Å². The van der Waals surface area contributed by atoms with Crippen LogP contribution in [0.2, 0.25) is 0 Å². The van der Waals surface area contributed by atoms with Gasteiger partial charge in [0.1, 0.15) is 0 Å². The molecule has 0 atom stereocenters. The van der Waals surface area contributed by atoms with E-state index in [2.05, 4.69) is 5.32 Å². The summed E-state index contributed by atoms with van der Waals surface area (Å²) in [5, 5.41) is 3.04. The van der Waals surface area contributed by atoms with E-state index in [9.17, 15) is 9.59 Å². The highest BCUT2D eigenvalue weighted by Gasteiger charge is 2.29. The standard InChI is InChI=1S/C12H14N2O2/c1-13-8-9-2-4-10(5-3-9)14-11(15)6-7-12(14)16/h2-5,13H,6-8H2,1H3. The summed E-state index contributed by atoms with van der Waals surface area (Å²) in [5.41, 5.74) is 1.80. The van der Waals surface area contributed by atoms with Crippen LogP contribution in [0.15, 0.2) is 24.3 Å². The van der Waals surface area contributed by atoms with Crippen molar-refractivity contribution in [2.24, 2.45) is 0 Å². The maximum absolute atomic E-state index is 11.5. The summed E-state index contributed by atoms with van der Waals surface area (Å²) in [5.74, 6) is -0.210. The Morgan fingerprint density at radius 3 is 2.19 bits per heavy atom. The topological polar surface area (TPSA) is 49.4 Å². The van der Waals surface area contributed by atoms with Crippen LogP contribution in [-0.4, -0.2) is 18.9 Å². The molecule has 1 N–H and O–H groups in total. The van der Waals surface area contributed by atoms with Crippen LogP contribution in [0.3, 0.4) is 0 Å². The highest BCUT2D eigenvalue weighted by Crippen LogP contribution is 2.22. The van der Waals surface area contributed by atoms with Gasteiger partial charge in [-0.1, -0.05) is 12.1 Å². The molecule has 0 aliphatic carbocycles. The molecular formula is C12H14N2O2. The summed E-state index contributed by atoms with van der Waals surface area (Å²) in [6, 6.07) is 7.47. The second-order valence-corrected chi connectivity index (χ2v) is 3.82. The van der Waals surface area contributed by atoms with Crippen LogP contribution in [0.1, 0.15) is 18.4 Å². The van der Waals surface area contributed by atoms with E-state index in [0.717, 1.165) is 12.1 Å². The maximum Gasteiger partial charge on any atom is 0.234 e. The number of hydrogen-bond donors (Lipinski definition) is 1. The number of amides is 2. The lowest BCUT2D eigenvalue weighted by molar-refractivity contribution is -0.121. The van der Waals surface area contributed by atoms with Gasteiger partial charge in [-0.25, -0.2) is 0 Å². The SMILES string of the molecule is CNCc1ccc(N2C(=O)CCC2=O)cc1. The third-order valence-electron chi connectivity index (χ3n) is 2.63. The van der Waals surface area contributed by atoms with Crippen molar-refractivity contribution < 1.29 is 9.59 Å². The largest absolute Gasteiger partial charge is 0.316 e. The van der Waals surface area contributed by atoms with Gasteiger partial charge in [0.2, 0.25) is 11.8 Å². The van der Waals surface area contributed by atoms with E-state index < -0.39 is 0 Å². The van der Waals surface area contributed by atoms with E-state index in [-0.39, 0.29) is 11.8 Å². The first-order chi connectivity index (χ1) is 7.72. The monoisotopic (exact) mass is 218 g/mol. The molecule has 1 fully saturated rings. The molecule has 1 heterocycles. The van der Waals surface area contributed by atoms with E-state index >= 15 is 0 Å². The Hall–Kier alpha value is -1.68. The van der Waals surface area contributed by atoms with Crippen molar-refractivity contribution in [1.29, 1.82) is 0 Å². The molecule has 1 aliphatic rings. The zero-order chi connectivity index (χ0) is 11.5. The highest BCUT2D eigenvalue weighted by molar-refractivity contribution is 6.19. The van der Waals surface area contributed by atoms with Crippen molar-refractivity contribution in [3.05, 3.63) is 29.8 Å². The van der Waals surface area contributed by atoms with Crippen LogP contribution in [-0.2, 0) is 16.1 Å². The van der Waals surface area contributed by atoms with Crippen molar-refractivity contribution in [3.8, 4) is 0 Å². The number of nitrogens with one attached hydrogen (secondary N) is 1. The Morgan fingerprint density at radius 1 is 1.12 bits per heavy atom. The quantitative estimate of drug-likeness (QED) is 0.772. The van der Waals surface area contributed by atoms with Crippen molar-refractivity contribution in [1.82, 2.24) is 5.32 Å². The van der Waals surface area contributed by atoms with Gasteiger partial charge in [-0.15, -0.1) is 0 Å². The van der Waals surface area contributed by atoms with Gasteiger partial charge in [0.05, 0.1) is 5.69 Å². The van der Waals surface area contributed by atoms with Gasteiger partial charge in [-0.3, -0.25) is 14.5 Å². The van der Waals surface area contributed by atoms with Gasteiger partial charge in [-0.2, -0.15) is 0 Å². The Labute approximate surface area is 94.2 Å². The number of carbonyl (C=O) groups excluding carboxylic acids is 2. The molecule has 0 radical (unpaired) electrons. The summed E-state index contributed by atoms with van der Waals surface area (Å²) < 4.78 is 0. The molecule has 0 unspecified atom stereocenters. The number of nitrogens with zero attached hydrogens (tertiary/aromatic N) is 1. The molecule has 0 bridgehead atoms. The lowest BCUT2D eigenvalue weighted by Gasteiger charge is -2.14. The van der Waals surface area contributed by atoms with Crippen LogP contribution >= 0.6 is 0 Å². The summed E-state index contributed by atoms with van der Waals surface area (Å²) >= 11 is 0. The summed E-state index contributed by atoms with van der Waals surface area (Å²) in [6.45, 7) is 0.780. The number of rotatable bonds is 3. The van der Waals surface area contributed by atoms with E-state index in [0.29, 0.717) is 18.5 Å². The zero-order valence-electron chi connectivity index (χ0n) is 9.19. The van der Waals surface area contributed by atoms with E-state index in [4.69, 9.17) is 0 Å². The molecule has 2 amide bonds. The number of imide groups is 1. The van der Waals surface area contributed by atoms with Crippen LogP contribution < -0.4 is 10.2 Å². The van der Waals surface area contributed by atoms with Crippen LogP contribution in [0, 0.1) is 0 Å². The fraction of sp³-hybridized carbons (Fsp3) is 0.333. The maximum atomic E-state index is 11.5. The number of anilines is 1. The van der Waals surface area contributed by atoms with E-state index in [1.165, 1.54) is 4.90 Å². The molecule has 2 rings (SSSR count). The van der Waals surface area contributed by atoms with Gasteiger partial charge in [0.25, 0.3) is 0 Å². The molecule has 1 aromatic carbocycles. The molecule has 1 aliphatic heterocycles. The zero-order valence-corrected chi connectivity index (χ0v) is 9.19. The number of benzene rings is 1. The second kappa shape index (κ2) is 4.45. The fourth-order valence-corrected chi connectivity index (χ4v) is 1.83. The predicted octanol–water partition coefficient (Wildman–Crippen LogP) is 1.06. The Kier molecular flexibility index (Phi) is 3.01. The molecule has 16 heavy (non-hydrogen) atoms. The first-order valence-electron chi connectivity index (χ1n) is 5.31. The minimum absolute atomic E-state index is 0.105. The normalized spacial score (nSPS) is 15.9. The third kappa shape index (κ3) is 1.97. The van der Waals surface area contributed by atoms with Crippen LogP contribution in [0.4, 0.5) is 5.69 Å². The molecule has 0 spiro atoms. The van der Waals surface area contributed by atoms with Gasteiger partial charge in [0.15, 0.2) is 0 Å². The number of carbonyl (C=O) groups is 2. The minimum Gasteiger partial charge on any atom is -0.316 e. The van der Waals surface area contributed by atoms with Crippen LogP contribution in [0.25, 0.3) is 0 Å². The average molecular weight is 218 g/mol. The molecule has 4 heteroatoms. The lowest BCUT2D eigenvalue weighted by Crippen LogP contribution is -2.28. The Bertz CT molecular complexity index is 396. The second-order valence-electron chi connectivity index (χ2n) is 3.82. The summed E-state index contributed by atoms with van der Waals surface area (Å²) in [6.07, 6.45) is 0.661. The average Bonchev–Trinajstić information content (AvgIpc) is 2.61. The van der Waals surface area contributed by atoms with Gasteiger partial charge >= 0.3 is 0 Å². The fourth-order valence-electron chi connectivity index (χ4n) is 1.83. The van der Waals surface area contributed by atoms with Crippen molar-refractivity contribution in [2.75, 3.05) is 11.9 Å². The lowest BCUT2D eigenvalue weighted by atomic mass is 10.2. The van der Waals surface area contributed by atoms with Gasteiger partial charge in [0, 0.05) is 19.4 Å². The first-order valence-corrected chi connectivity index (χ1v) is 5.31. The molecule has 0 saturated carbocycles. The van der Waals surface area contributed by atoms with Gasteiger partial charge in [-0.05, 0) is 24.7 Å². The highest BCUT2D eigenvalue weighted by atomic mass is 16.2. The molecule has 1 aromatic rings. The smallest absolute Gasteiger partial charge is 0.234 e. The summed E-state index contributed by atoms with van der Waals surface area (Å²) in [7, 11) is 1.88. The molecular weight excluding hydrogens is 204 g/mol. The summed E-state index contributed by atoms with van der Waals surface area (Å²) in [4.78, 5) is 24.2. The third-order valence-corrected chi connectivity index (χ3v) is 2.63. The van der Waals surface area contributed by atoms with E-state index in [1.54, 1.807) is 0 Å². The van der Waals surface area contributed by atoms with Crippen molar-refractivity contribution in [3.63, 3.8) is 0 Å². The van der Waals surface area contributed by atoms with Crippen molar-refractivity contribution in [2.45, 2.75) is 19.4 Å². The van der Waals surface area contributed by atoms with Gasteiger partial charge < -0.3 is 5.32 Å². The minimum atomic E-state index is -0.105. The van der Waals surface area contributed by atoms with E-state index in [1.807, 2.05) is 31.3 Å².